The second-order valence-electron chi connectivity index (χ2n) is 10.6. The van der Waals surface area contributed by atoms with E-state index in [-0.39, 0.29) is 41.1 Å². The number of benzene rings is 1. The number of nitrogens with zero attached hydrogens (tertiary/aromatic N) is 5. The Bertz CT molecular complexity index is 1290. The van der Waals surface area contributed by atoms with Crippen LogP contribution >= 0.6 is 0 Å². The number of carbonyl (C=O) groups excluding carboxylic acids is 2. The Morgan fingerprint density at radius 2 is 1.77 bits per heavy atom. The maximum Gasteiger partial charge on any atom is 0.328 e. The Morgan fingerprint density at radius 1 is 1.12 bits per heavy atom. The highest BCUT2D eigenvalue weighted by Gasteiger charge is 2.37. The van der Waals surface area contributed by atoms with Crippen molar-refractivity contribution in [3.05, 3.63) is 53.6 Å². The molecule has 0 saturated carbocycles. The third-order valence-corrected chi connectivity index (χ3v) is 7.01. The van der Waals surface area contributed by atoms with E-state index in [9.17, 15) is 23.6 Å². The average molecular weight is 603 g/mol. The van der Waals surface area contributed by atoms with Gasteiger partial charge in [0, 0.05) is 50.9 Å². The minimum Gasteiger partial charge on any atom is -0.478 e. The van der Waals surface area contributed by atoms with Crippen molar-refractivity contribution in [2.24, 2.45) is 11.8 Å². The number of carbonyl (C=O) groups is 4. The molecule has 2 atom stereocenters. The van der Waals surface area contributed by atoms with E-state index in [2.05, 4.69) is 29.5 Å². The van der Waals surface area contributed by atoms with Gasteiger partial charge in [-0.3, -0.25) is 9.59 Å². The van der Waals surface area contributed by atoms with Crippen molar-refractivity contribution in [1.29, 1.82) is 0 Å². The molecule has 3 N–H and O–H groups in total. The molecule has 2 aliphatic rings. The lowest BCUT2D eigenvalue weighted by molar-refractivity contribution is -0.140. The predicted molar refractivity (Wildman–Crippen MR) is 153 cm³/mol. The predicted octanol–water partition coefficient (Wildman–Crippen LogP) is 1.62. The van der Waals surface area contributed by atoms with Gasteiger partial charge >= 0.3 is 11.9 Å². The highest BCUT2D eigenvalue weighted by Crippen LogP contribution is 2.24. The molecular formula is C29H39FN6O7. The molecule has 1 aromatic carbocycles. The van der Waals surface area contributed by atoms with E-state index >= 15 is 0 Å². The number of carboxylic acid groups (broad SMARTS) is 2. The zero-order valence-electron chi connectivity index (χ0n) is 24.6. The first kappa shape index (κ1) is 33.3. The molecular weight excluding hydrogens is 563 g/mol. The number of nitrogens with one attached hydrogen (secondary N) is 1. The number of para-hydroxylation sites is 1. The van der Waals surface area contributed by atoms with Crippen LogP contribution in [-0.2, 0) is 25.5 Å². The second-order valence-corrected chi connectivity index (χ2v) is 10.6. The van der Waals surface area contributed by atoms with Crippen LogP contribution in [0.5, 0.6) is 0 Å². The summed E-state index contributed by atoms with van der Waals surface area (Å²) in [7, 11) is 0. The van der Waals surface area contributed by atoms with Crippen LogP contribution in [0.4, 0.5) is 4.39 Å². The summed E-state index contributed by atoms with van der Waals surface area (Å²) in [4.78, 5) is 49.8. The van der Waals surface area contributed by atoms with Gasteiger partial charge in [-0.1, -0.05) is 38.1 Å². The fraction of sp³-hybridized carbons (Fsp3) is 0.517. The topological polar surface area (TPSA) is 167 Å². The molecule has 13 nitrogen and oxygen atoms in total. The molecule has 2 aromatic rings. The molecule has 2 aliphatic heterocycles. The number of hydrogen-bond acceptors (Lipinski definition) is 8. The molecule has 4 rings (SSSR count). The van der Waals surface area contributed by atoms with Gasteiger partial charge in [-0.25, -0.2) is 18.7 Å². The van der Waals surface area contributed by atoms with Crippen molar-refractivity contribution >= 4 is 23.8 Å². The Morgan fingerprint density at radius 3 is 2.35 bits per heavy atom. The summed E-state index contributed by atoms with van der Waals surface area (Å²) in [6, 6.07) is 6.17. The van der Waals surface area contributed by atoms with E-state index in [4.69, 9.17) is 14.9 Å². The first-order valence-electron chi connectivity index (χ1n) is 14.2. The quantitative estimate of drug-likeness (QED) is 0.359. The molecule has 0 radical (unpaired) electrons. The number of morpholine rings is 1. The Kier molecular flexibility index (Phi) is 12.3. The summed E-state index contributed by atoms with van der Waals surface area (Å²) in [5.41, 5.74) is 1.07. The molecule has 2 saturated heterocycles. The molecule has 2 amide bonds. The van der Waals surface area contributed by atoms with Gasteiger partial charge in [0.25, 0.3) is 5.91 Å². The van der Waals surface area contributed by atoms with Crippen LogP contribution in [0.2, 0.25) is 0 Å². The van der Waals surface area contributed by atoms with Gasteiger partial charge in [-0.2, -0.15) is 0 Å². The van der Waals surface area contributed by atoms with Crippen LogP contribution in [0.25, 0.3) is 5.69 Å². The van der Waals surface area contributed by atoms with Crippen LogP contribution in [0.3, 0.4) is 0 Å². The van der Waals surface area contributed by atoms with Gasteiger partial charge in [-0.15, -0.1) is 5.10 Å². The summed E-state index contributed by atoms with van der Waals surface area (Å²) in [6.45, 7) is 10.1. The number of amides is 2. The van der Waals surface area contributed by atoms with Gasteiger partial charge in [-0.05, 0) is 30.9 Å². The largest absolute Gasteiger partial charge is 0.478 e. The minimum atomic E-state index is -1.26. The van der Waals surface area contributed by atoms with Crippen LogP contribution < -0.4 is 5.32 Å². The normalized spacial score (nSPS) is 18.7. The summed E-state index contributed by atoms with van der Waals surface area (Å²) in [5, 5.41) is 27.3. The smallest absolute Gasteiger partial charge is 0.328 e. The van der Waals surface area contributed by atoms with Crippen LogP contribution in [0.15, 0.2) is 36.4 Å². The number of carboxylic acids is 2. The molecule has 0 aliphatic carbocycles. The summed E-state index contributed by atoms with van der Waals surface area (Å²) >= 11 is 0. The Labute approximate surface area is 249 Å². The average Bonchev–Trinajstić information content (AvgIpc) is 3.43. The van der Waals surface area contributed by atoms with E-state index in [1.54, 1.807) is 18.2 Å². The highest BCUT2D eigenvalue weighted by atomic mass is 19.1. The van der Waals surface area contributed by atoms with Crippen molar-refractivity contribution in [3.63, 3.8) is 0 Å². The number of ether oxygens (including phenoxy) is 1. The third kappa shape index (κ3) is 9.16. The number of aliphatic carboxylic acids is 2. The molecule has 0 bridgehead atoms. The number of piperidine rings is 1. The van der Waals surface area contributed by atoms with Crippen molar-refractivity contribution in [1.82, 2.24) is 30.1 Å². The number of halogens is 1. The lowest BCUT2D eigenvalue weighted by Gasteiger charge is -2.40. The number of aromatic nitrogens is 3. The van der Waals surface area contributed by atoms with Gasteiger partial charge in [0.05, 0.1) is 24.8 Å². The zero-order chi connectivity index (χ0) is 31.5. The second kappa shape index (κ2) is 15.9. The number of hydrogen-bond donors (Lipinski definition) is 3. The molecule has 1 aromatic heterocycles. The van der Waals surface area contributed by atoms with Gasteiger partial charge in [0.2, 0.25) is 5.91 Å². The molecule has 3 heterocycles. The van der Waals surface area contributed by atoms with E-state index in [1.807, 2.05) is 16.7 Å². The summed E-state index contributed by atoms with van der Waals surface area (Å²) in [5.74, 6) is -3.03. The zero-order valence-corrected chi connectivity index (χ0v) is 24.6. The van der Waals surface area contributed by atoms with Crippen molar-refractivity contribution < 1.29 is 38.5 Å². The molecule has 43 heavy (non-hydrogen) atoms. The first-order valence-corrected chi connectivity index (χ1v) is 14.2. The standard InChI is InChI=1S/C25H35FN6O3.C4H4O4/c1-4-21-23(28-29-32(21)22-8-6-5-7-20(22)26)25(34)31(16-17(2)3)19-13-18(14-27-15-19)24(33)30-9-11-35-12-10-30;5-3(6)1-2-4(7)8/h5-8,17-19,27H,4,9-16H2,1-3H3;1-2H,(H,5,6)(H,7,8)/t18-,19+;/m1./s1. The van der Waals surface area contributed by atoms with E-state index in [0.717, 1.165) is 0 Å². The van der Waals surface area contributed by atoms with Crippen LogP contribution in [0.1, 0.15) is 43.4 Å². The van der Waals surface area contributed by atoms with Gasteiger partial charge in [0.1, 0.15) is 11.5 Å². The molecule has 234 valence electrons. The third-order valence-electron chi connectivity index (χ3n) is 7.01. The SMILES string of the molecule is CCc1c(C(=O)N(CC(C)C)[C@@H]2CNC[C@H](C(=O)N3CCOCC3)C2)nnn1-c1ccccc1F.O=C(O)C=CC(=O)O. The molecule has 14 heteroatoms. The van der Waals surface area contributed by atoms with Crippen molar-refractivity contribution in [3.8, 4) is 5.69 Å². The van der Waals surface area contributed by atoms with Crippen LogP contribution in [0, 0.1) is 17.7 Å². The van der Waals surface area contributed by atoms with Crippen LogP contribution in [-0.4, -0.2) is 111 Å². The fourth-order valence-corrected chi connectivity index (χ4v) is 5.06. The molecule has 0 spiro atoms. The minimum absolute atomic E-state index is 0.113. The lowest BCUT2D eigenvalue weighted by Crippen LogP contribution is -2.56. The fourth-order valence-electron chi connectivity index (χ4n) is 5.06. The molecule has 0 unspecified atom stereocenters. The maximum absolute atomic E-state index is 14.5. The monoisotopic (exact) mass is 602 g/mol. The summed E-state index contributed by atoms with van der Waals surface area (Å²) < 4.78 is 21.3. The summed E-state index contributed by atoms with van der Waals surface area (Å²) in [6.07, 6.45) is 2.17. The van der Waals surface area contributed by atoms with Crippen molar-refractivity contribution in [2.45, 2.75) is 39.7 Å². The van der Waals surface area contributed by atoms with Crippen molar-refractivity contribution in [2.75, 3.05) is 45.9 Å². The molecule has 2 fully saturated rings. The van der Waals surface area contributed by atoms with E-state index in [0.29, 0.717) is 76.6 Å². The maximum atomic E-state index is 14.5. The Balaban J connectivity index is 0.000000557. The van der Waals surface area contributed by atoms with Gasteiger partial charge < -0.3 is 30.1 Å². The van der Waals surface area contributed by atoms with Gasteiger partial charge in [0.15, 0.2) is 5.69 Å². The van der Waals surface area contributed by atoms with E-state index < -0.39 is 17.8 Å². The lowest BCUT2D eigenvalue weighted by atomic mass is 9.92. The highest BCUT2D eigenvalue weighted by molar-refractivity contribution is 5.94. The first-order chi connectivity index (χ1) is 20.5. The Hall–Kier alpha value is -4.17. The van der Waals surface area contributed by atoms with E-state index in [1.165, 1.54) is 10.7 Å². The number of rotatable bonds is 9.